The third-order valence-electron chi connectivity index (χ3n) is 3.35. The molecule has 1 N–H and O–H groups in total. The van der Waals surface area contributed by atoms with Gasteiger partial charge in [-0.2, -0.15) is 0 Å². The number of nitrogens with one attached hydrogen (secondary N) is 1. The zero-order valence-electron chi connectivity index (χ0n) is 10.2. The summed E-state index contributed by atoms with van der Waals surface area (Å²) in [6.45, 7) is 2.10. The van der Waals surface area contributed by atoms with Crippen LogP contribution in [0.15, 0.2) is 24.3 Å². The van der Waals surface area contributed by atoms with Crippen LogP contribution in [0.25, 0.3) is 0 Å². The number of likely N-dealkylation sites (N-methyl/N-ethyl adjacent to an activating group) is 1. The Kier molecular flexibility index (Phi) is 3.83. The van der Waals surface area contributed by atoms with Gasteiger partial charge >= 0.3 is 0 Å². The molecule has 0 aromatic heterocycles. The predicted octanol–water partition coefficient (Wildman–Crippen LogP) is 2.90. The maximum absolute atomic E-state index is 6.08. The Morgan fingerprint density at radius 2 is 2.06 bits per heavy atom. The van der Waals surface area contributed by atoms with Crippen molar-refractivity contribution in [2.24, 2.45) is 0 Å². The number of benzene rings is 1. The SMILES string of the molecule is CNC1CCCCC1Oc1cccc(C)c1. The van der Waals surface area contributed by atoms with Crippen LogP contribution in [0.4, 0.5) is 0 Å². The molecule has 16 heavy (non-hydrogen) atoms. The molecular weight excluding hydrogens is 198 g/mol. The van der Waals surface area contributed by atoms with Gasteiger partial charge in [-0.25, -0.2) is 0 Å². The van der Waals surface area contributed by atoms with Crippen molar-refractivity contribution in [1.82, 2.24) is 5.32 Å². The molecule has 0 heterocycles. The summed E-state index contributed by atoms with van der Waals surface area (Å²) in [5.74, 6) is 1.01. The van der Waals surface area contributed by atoms with Gasteiger partial charge in [0.25, 0.3) is 0 Å². The molecular formula is C14H21NO. The minimum absolute atomic E-state index is 0.334. The third-order valence-corrected chi connectivity index (χ3v) is 3.35. The van der Waals surface area contributed by atoms with E-state index in [9.17, 15) is 0 Å². The lowest BCUT2D eigenvalue weighted by molar-refractivity contribution is 0.118. The monoisotopic (exact) mass is 219 g/mol. The van der Waals surface area contributed by atoms with E-state index in [-0.39, 0.29) is 0 Å². The van der Waals surface area contributed by atoms with Gasteiger partial charge in [-0.05, 0) is 50.9 Å². The van der Waals surface area contributed by atoms with Crippen molar-refractivity contribution in [1.29, 1.82) is 0 Å². The Bertz CT molecular complexity index is 337. The Morgan fingerprint density at radius 3 is 2.81 bits per heavy atom. The zero-order valence-corrected chi connectivity index (χ0v) is 10.2. The van der Waals surface area contributed by atoms with E-state index < -0.39 is 0 Å². The molecule has 0 aliphatic heterocycles. The predicted molar refractivity (Wildman–Crippen MR) is 66.9 cm³/mol. The molecule has 1 fully saturated rings. The number of aryl methyl sites for hydroxylation is 1. The molecule has 2 nitrogen and oxygen atoms in total. The van der Waals surface area contributed by atoms with Gasteiger partial charge in [0.2, 0.25) is 0 Å². The highest BCUT2D eigenvalue weighted by atomic mass is 16.5. The van der Waals surface area contributed by atoms with Gasteiger partial charge in [-0.1, -0.05) is 18.6 Å². The van der Waals surface area contributed by atoms with Crippen LogP contribution in [0, 0.1) is 6.92 Å². The molecule has 2 atom stereocenters. The molecule has 2 unspecified atom stereocenters. The van der Waals surface area contributed by atoms with E-state index >= 15 is 0 Å². The van der Waals surface area contributed by atoms with Gasteiger partial charge < -0.3 is 10.1 Å². The van der Waals surface area contributed by atoms with Crippen molar-refractivity contribution in [3.05, 3.63) is 29.8 Å². The second-order valence-electron chi connectivity index (χ2n) is 4.65. The summed E-state index contributed by atoms with van der Waals surface area (Å²) in [6, 6.07) is 8.83. The fourth-order valence-corrected chi connectivity index (χ4v) is 2.43. The molecule has 2 rings (SSSR count). The summed E-state index contributed by atoms with van der Waals surface area (Å²) in [6.07, 6.45) is 5.33. The van der Waals surface area contributed by atoms with Crippen molar-refractivity contribution in [3.63, 3.8) is 0 Å². The first kappa shape index (κ1) is 11.5. The number of rotatable bonds is 3. The number of hydrogen-bond acceptors (Lipinski definition) is 2. The van der Waals surface area contributed by atoms with Crippen molar-refractivity contribution in [2.45, 2.75) is 44.8 Å². The lowest BCUT2D eigenvalue weighted by Crippen LogP contribution is -2.43. The van der Waals surface area contributed by atoms with Gasteiger partial charge in [0, 0.05) is 6.04 Å². The summed E-state index contributed by atoms with van der Waals surface area (Å²) in [5, 5.41) is 3.36. The second-order valence-corrected chi connectivity index (χ2v) is 4.65. The highest BCUT2D eigenvalue weighted by molar-refractivity contribution is 5.27. The molecule has 1 aliphatic rings. The van der Waals surface area contributed by atoms with Crippen LogP contribution < -0.4 is 10.1 Å². The number of ether oxygens (including phenoxy) is 1. The fraction of sp³-hybridized carbons (Fsp3) is 0.571. The largest absolute Gasteiger partial charge is 0.489 e. The lowest BCUT2D eigenvalue weighted by atomic mass is 9.92. The van der Waals surface area contributed by atoms with Crippen LogP contribution in [0.2, 0.25) is 0 Å². The first-order chi connectivity index (χ1) is 7.79. The van der Waals surface area contributed by atoms with Gasteiger partial charge in [-0.15, -0.1) is 0 Å². The molecule has 1 aromatic carbocycles. The molecule has 0 amide bonds. The quantitative estimate of drug-likeness (QED) is 0.844. The molecule has 1 aliphatic carbocycles. The number of hydrogen-bond donors (Lipinski definition) is 1. The van der Waals surface area contributed by atoms with Gasteiger partial charge in [-0.3, -0.25) is 0 Å². The van der Waals surface area contributed by atoms with Crippen LogP contribution in [-0.2, 0) is 0 Å². The summed E-state index contributed by atoms with van der Waals surface area (Å²) in [7, 11) is 2.03. The Labute approximate surface area is 98.0 Å². The van der Waals surface area contributed by atoms with Crippen LogP contribution in [0.3, 0.4) is 0 Å². The second kappa shape index (κ2) is 5.35. The van der Waals surface area contributed by atoms with E-state index in [1.165, 1.54) is 31.2 Å². The minimum atomic E-state index is 0.334. The maximum atomic E-state index is 6.08. The normalized spacial score (nSPS) is 25.4. The van der Waals surface area contributed by atoms with E-state index in [4.69, 9.17) is 4.74 Å². The topological polar surface area (TPSA) is 21.3 Å². The molecule has 2 heteroatoms. The van der Waals surface area contributed by atoms with E-state index in [0.717, 1.165) is 5.75 Å². The summed E-state index contributed by atoms with van der Waals surface area (Å²) in [5.41, 5.74) is 1.26. The first-order valence-corrected chi connectivity index (χ1v) is 6.20. The molecule has 0 spiro atoms. The summed E-state index contributed by atoms with van der Waals surface area (Å²) in [4.78, 5) is 0. The van der Waals surface area contributed by atoms with Crippen molar-refractivity contribution < 1.29 is 4.74 Å². The average Bonchev–Trinajstić information content (AvgIpc) is 2.30. The van der Waals surface area contributed by atoms with Gasteiger partial charge in [0.1, 0.15) is 11.9 Å². The standard InChI is InChI=1S/C14H21NO/c1-11-6-5-7-12(10-11)16-14-9-4-3-8-13(14)15-2/h5-7,10,13-15H,3-4,8-9H2,1-2H3. The lowest BCUT2D eigenvalue weighted by Gasteiger charge is -2.31. The highest BCUT2D eigenvalue weighted by Crippen LogP contribution is 2.24. The Morgan fingerprint density at radius 1 is 1.25 bits per heavy atom. The first-order valence-electron chi connectivity index (χ1n) is 6.20. The molecule has 0 radical (unpaired) electrons. The van der Waals surface area contributed by atoms with E-state index in [0.29, 0.717) is 12.1 Å². The van der Waals surface area contributed by atoms with E-state index in [1.807, 2.05) is 13.1 Å². The van der Waals surface area contributed by atoms with Crippen LogP contribution in [-0.4, -0.2) is 19.2 Å². The van der Waals surface area contributed by atoms with Crippen molar-refractivity contribution >= 4 is 0 Å². The zero-order chi connectivity index (χ0) is 11.4. The van der Waals surface area contributed by atoms with Crippen molar-refractivity contribution in [3.8, 4) is 5.75 Å². The van der Waals surface area contributed by atoms with E-state index in [1.54, 1.807) is 0 Å². The average molecular weight is 219 g/mol. The Balaban J connectivity index is 2.02. The molecule has 88 valence electrons. The Hall–Kier alpha value is -1.02. The maximum Gasteiger partial charge on any atom is 0.120 e. The fourth-order valence-electron chi connectivity index (χ4n) is 2.43. The van der Waals surface area contributed by atoms with Gasteiger partial charge in [0.15, 0.2) is 0 Å². The summed E-state index contributed by atoms with van der Waals surface area (Å²) >= 11 is 0. The summed E-state index contributed by atoms with van der Waals surface area (Å²) < 4.78 is 6.08. The van der Waals surface area contributed by atoms with E-state index in [2.05, 4.69) is 30.4 Å². The van der Waals surface area contributed by atoms with Gasteiger partial charge in [0.05, 0.1) is 0 Å². The molecule has 1 saturated carbocycles. The third kappa shape index (κ3) is 2.76. The van der Waals surface area contributed by atoms with Crippen molar-refractivity contribution in [2.75, 3.05) is 7.05 Å². The highest BCUT2D eigenvalue weighted by Gasteiger charge is 2.25. The smallest absolute Gasteiger partial charge is 0.120 e. The molecule has 0 bridgehead atoms. The molecule has 0 saturated heterocycles. The van der Waals surface area contributed by atoms with Crippen LogP contribution >= 0.6 is 0 Å². The minimum Gasteiger partial charge on any atom is -0.489 e. The van der Waals surface area contributed by atoms with Crippen LogP contribution in [0.1, 0.15) is 31.2 Å². The molecule has 1 aromatic rings. The van der Waals surface area contributed by atoms with Crippen LogP contribution in [0.5, 0.6) is 5.75 Å².